The summed E-state index contributed by atoms with van der Waals surface area (Å²) in [5.74, 6) is 1.80. The van der Waals surface area contributed by atoms with Gasteiger partial charge >= 0.3 is 0 Å². The SMILES string of the molecule is C[C@@H](O)c1ccnc(N2CCCC(C(C)(C)C)CC2)c1. The number of hydrogen-bond donors (Lipinski definition) is 1. The van der Waals surface area contributed by atoms with Gasteiger partial charge in [-0.3, -0.25) is 0 Å². The van der Waals surface area contributed by atoms with Crippen LogP contribution in [-0.4, -0.2) is 23.2 Å². The van der Waals surface area contributed by atoms with Gasteiger partial charge in [-0.25, -0.2) is 4.98 Å². The molecule has 2 atom stereocenters. The van der Waals surface area contributed by atoms with Gasteiger partial charge in [0.05, 0.1) is 6.10 Å². The summed E-state index contributed by atoms with van der Waals surface area (Å²) in [4.78, 5) is 6.86. The molecule has 1 fully saturated rings. The first-order valence-corrected chi connectivity index (χ1v) is 7.77. The molecule has 1 aliphatic heterocycles. The second kappa shape index (κ2) is 6.13. The highest BCUT2D eigenvalue weighted by Gasteiger charge is 2.27. The van der Waals surface area contributed by atoms with Gasteiger partial charge in [0.15, 0.2) is 0 Å². The minimum Gasteiger partial charge on any atom is -0.389 e. The average molecular weight is 276 g/mol. The Bertz CT molecular complexity index is 437. The predicted molar refractivity (Wildman–Crippen MR) is 83.9 cm³/mol. The maximum atomic E-state index is 9.70. The third-order valence-electron chi connectivity index (χ3n) is 4.53. The molecule has 3 heteroatoms. The molecule has 0 bridgehead atoms. The molecule has 0 spiro atoms. The van der Waals surface area contributed by atoms with Gasteiger partial charge in [0.2, 0.25) is 0 Å². The lowest BCUT2D eigenvalue weighted by Gasteiger charge is -2.30. The van der Waals surface area contributed by atoms with Crippen LogP contribution in [0.3, 0.4) is 0 Å². The lowest BCUT2D eigenvalue weighted by molar-refractivity contribution is 0.199. The molecule has 0 radical (unpaired) electrons. The molecule has 1 saturated heterocycles. The molecule has 0 saturated carbocycles. The fourth-order valence-corrected chi connectivity index (χ4v) is 3.06. The van der Waals surface area contributed by atoms with Crippen LogP contribution >= 0.6 is 0 Å². The van der Waals surface area contributed by atoms with E-state index in [-0.39, 0.29) is 0 Å². The lowest BCUT2D eigenvalue weighted by atomic mass is 9.77. The Morgan fingerprint density at radius 3 is 2.70 bits per heavy atom. The van der Waals surface area contributed by atoms with E-state index in [1.54, 1.807) is 6.92 Å². The Labute approximate surface area is 123 Å². The first kappa shape index (κ1) is 15.3. The third kappa shape index (κ3) is 3.72. The molecule has 1 aromatic heterocycles. The van der Waals surface area contributed by atoms with Gasteiger partial charge in [-0.1, -0.05) is 20.8 Å². The van der Waals surface area contributed by atoms with Gasteiger partial charge < -0.3 is 10.0 Å². The summed E-state index contributed by atoms with van der Waals surface area (Å²) in [6.45, 7) is 11.0. The highest BCUT2D eigenvalue weighted by Crippen LogP contribution is 2.35. The summed E-state index contributed by atoms with van der Waals surface area (Å²) in [7, 11) is 0. The Morgan fingerprint density at radius 1 is 1.30 bits per heavy atom. The monoisotopic (exact) mass is 276 g/mol. The van der Waals surface area contributed by atoms with E-state index < -0.39 is 6.10 Å². The number of anilines is 1. The topological polar surface area (TPSA) is 36.4 Å². The van der Waals surface area contributed by atoms with Gasteiger partial charge in [0.25, 0.3) is 0 Å². The van der Waals surface area contributed by atoms with Crippen molar-refractivity contribution in [2.24, 2.45) is 11.3 Å². The van der Waals surface area contributed by atoms with E-state index >= 15 is 0 Å². The number of aliphatic hydroxyl groups is 1. The fraction of sp³-hybridized carbons (Fsp3) is 0.706. The zero-order valence-electron chi connectivity index (χ0n) is 13.3. The predicted octanol–water partition coefficient (Wildman–Crippen LogP) is 3.79. The highest BCUT2D eigenvalue weighted by atomic mass is 16.3. The highest BCUT2D eigenvalue weighted by molar-refractivity contribution is 5.41. The van der Waals surface area contributed by atoms with Crippen LogP contribution in [0.5, 0.6) is 0 Å². The van der Waals surface area contributed by atoms with Gasteiger partial charge in [-0.2, -0.15) is 0 Å². The average Bonchev–Trinajstić information content (AvgIpc) is 2.64. The first-order valence-electron chi connectivity index (χ1n) is 7.77. The molecule has 1 aliphatic rings. The van der Waals surface area contributed by atoms with Crippen LogP contribution in [0.4, 0.5) is 5.82 Å². The summed E-state index contributed by atoms with van der Waals surface area (Å²) in [6, 6.07) is 3.92. The van der Waals surface area contributed by atoms with Crippen molar-refractivity contribution in [3.05, 3.63) is 23.9 Å². The number of hydrogen-bond acceptors (Lipinski definition) is 3. The fourth-order valence-electron chi connectivity index (χ4n) is 3.06. The summed E-state index contributed by atoms with van der Waals surface area (Å²) >= 11 is 0. The van der Waals surface area contributed by atoms with Crippen LogP contribution in [0.15, 0.2) is 18.3 Å². The van der Waals surface area contributed by atoms with Gasteiger partial charge in [0, 0.05) is 19.3 Å². The Balaban J connectivity index is 2.09. The number of aliphatic hydroxyl groups excluding tert-OH is 1. The van der Waals surface area contributed by atoms with Crippen molar-refractivity contribution >= 4 is 5.82 Å². The van der Waals surface area contributed by atoms with E-state index in [4.69, 9.17) is 0 Å². The zero-order valence-corrected chi connectivity index (χ0v) is 13.3. The molecule has 1 aromatic rings. The second-order valence-corrected chi connectivity index (χ2v) is 7.10. The van der Waals surface area contributed by atoms with Crippen molar-refractivity contribution in [1.29, 1.82) is 0 Å². The number of rotatable bonds is 2. The van der Waals surface area contributed by atoms with E-state index in [0.717, 1.165) is 30.4 Å². The molecule has 3 nitrogen and oxygen atoms in total. The summed E-state index contributed by atoms with van der Waals surface area (Å²) < 4.78 is 0. The molecule has 2 rings (SSSR count). The molecule has 1 unspecified atom stereocenters. The van der Waals surface area contributed by atoms with Crippen molar-refractivity contribution in [2.75, 3.05) is 18.0 Å². The van der Waals surface area contributed by atoms with Crippen molar-refractivity contribution < 1.29 is 5.11 Å². The smallest absolute Gasteiger partial charge is 0.128 e. The van der Waals surface area contributed by atoms with Crippen LogP contribution in [0.1, 0.15) is 58.6 Å². The van der Waals surface area contributed by atoms with E-state index in [9.17, 15) is 5.11 Å². The van der Waals surface area contributed by atoms with Crippen molar-refractivity contribution in [1.82, 2.24) is 4.98 Å². The first-order chi connectivity index (χ1) is 9.38. The molecule has 1 N–H and O–H groups in total. The molecule has 112 valence electrons. The van der Waals surface area contributed by atoms with E-state index in [0.29, 0.717) is 5.41 Å². The Morgan fingerprint density at radius 2 is 2.05 bits per heavy atom. The quantitative estimate of drug-likeness (QED) is 0.893. The minimum atomic E-state index is -0.425. The van der Waals surface area contributed by atoms with Crippen LogP contribution < -0.4 is 4.90 Å². The molecule has 20 heavy (non-hydrogen) atoms. The van der Waals surface area contributed by atoms with Gasteiger partial charge in [0.1, 0.15) is 5.82 Å². The molecule has 0 aliphatic carbocycles. The summed E-state index contributed by atoms with van der Waals surface area (Å²) in [5.41, 5.74) is 1.34. The van der Waals surface area contributed by atoms with Crippen molar-refractivity contribution in [2.45, 2.75) is 53.1 Å². The Kier molecular flexibility index (Phi) is 4.69. The van der Waals surface area contributed by atoms with Crippen LogP contribution in [-0.2, 0) is 0 Å². The van der Waals surface area contributed by atoms with Crippen LogP contribution in [0, 0.1) is 11.3 Å². The van der Waals surface area contributed by atoms with Gasteiger partial charge in [-0.15, -0.1) is 0 Å². The van der Waals surface area contributed by atoms with Crippen molar-refractivity contribution in [3.8, 4) is 0 Å². The standard InChI is InChI=1S/C17H28N2O/c1-13(20)14-7-9-18-16(12-14)19-10-5-6-15(8-11-19)17(2,3)4/h7,9,12-13,15,20H,5-6,8,10-11H2,1-4H3/t13-,15?/m1/s1. The van der Waals surface area contributed by atoms with E-state index in [1.807, 2.05) is 18.3 Å². The summed E-state index contributed by atoms with van der Waals surface area (Å²) in [5, 5.41) is 9.70. The van der Waals surface area contributed by atoms with E-state index in [1.165, 1.54) is 19.3 Å². The van der Waals surface area contributed by atoms with Gasteiger partial charge in [-0.05, 0) is 55.2 Å². The van der Waals surface area contributed by atoms with E-state index in [2.05, 4.69) is 30.7 Å². The number of pyridine rings is 1. The van der Waals surface area contributed by atoms with Crippen molar-refractivity contribution in [3.63, 3.8) is 0 Å². The molecular weight excluding hydrogens is 248 g/mol. The van der Waals surface area contributed by atoms with Crippen LogP contribution in [0.25, 0.3) is 0 Å². The zero-order chi connectivity index (χ0) is 14.8. The minimum absolute atomic E-state index is 0.394. The maximum absolute atomic E-state index is 9.70. The molecule has 0 amide bonds. The molecular formula is C17H28N2O. The number of aromatic nitrogens is 1. The largest absolute Gasteiger partial charge is 0.389 e. The lowest BCUT2D eigenvalue weighted by Crippen LogP contribution is -2.26. The maximum Gasteiger partial charge on any atom is 0.128 e. The number of nitrogens with zero attached hydrogens (tertiary/aromatic N) is 2. The molecule has 0 aromatic carbocycles. The summed E-state index contributed by atoms with van der Waals surface area (Å²) in [6.07, 6.45) is 5.14. The Hall–Kier alpha value is -1.09. The second-order valence-electron chi connectivity index (χ2n) is 7.10. The molecule has 2 heterocycles. The van der Waals surface area contributed by atoms with Crippen LogP contribution in [0.2, 0.25) is 0 Å². The third-order valence-corrected chi connectivity index (χ3v) is 4.53. The normalized spacial score (nSPS) is 22.4.